The van der Waals surface area contributed by atoms with Gasteiger partial charge >= 0.3 is 0 Å². The number of hydrogen-bond acceptors (Lipinski definition) is 5. The molecule has 142 valence electrons. The molecular formula is C21H17ClN2O3S. The predicted molar refractivity (Wildman–Crippen MR) is 112 cm³/mol. The van der Waals surface area contributed by atoms with Crippen LogP contribution in [0.4, 0.5) is 0 Å². The highest BCUT2D eigenvalue weighted by atomic mass is 35.5. The van der Waals surface area contributed by atoms with Crippen LogP contribution in [0.3, 0.4) is 0 Å². The number of halogens is 1. The van der Waals surface area contributed by atoms with Crippen molar-refractivity contribution in [1.29, 1.82) is 0 Å². The van der Waals surface area contributed by atoms with E-state index in [1.807, 2.05) is 35.7 Å². The summed E-state index contributed by atoms with van der Waals surface area (Å²) >= 11 is 7.28. The molecule has 0 spiro atoms. The first-order valence-corrected chi connectivity index (χ1v) is 9.96. The zero-order valence-electron chi connectivity index (χ0n) is 14.8. The van der Waals surface area contributed by atoms with E-state index in [1.165, 1.54) is 22.2 Å². The van der Waals surface area contributed by atoms with Gasteiger partial charge in [-0.25, -0.2) is 4.98 Å². The maximum absolute atomic E-state index is 13.0. The van der Waals surface area contributed by atoms with Crippen LogP contribution in [0.2, 0.25) is 5.02 Å². The minimum atomic E-state index is -0.855. The lowest BCUT2D eigenvalue weighted by atomic mass is 10.1. The number of thiophene rings is 1. The van der Waals surface area contributed by atoms with Crippen molar-refractivity contribution in [2.75, 3.05) is 6.61 Å². The molecule has 0 saturated carbocycles. The molecule has 0 radical (unpaired) electrons. The van der Waals surface area contributed by atoms with E-state index in [0.717, 1.165) is 11.1 Å². The van der Waals surface area contributed by atoms with Crippen LogP contribution < -0.4 is 10.3 Å². The summed E-state index contributed by atoms with van der Waals surface area (Å²) in [6, 6.07) is 16.6. The van der Waals surface area contributed by atoms with Crippen molar-refractivity contribution in [2.45, 2.75) is 12.6 Å². The van der Waals surface area contributed by atoms with Gasteiger partial charge in [0.1, 0.15) is 23.3 Å². The first kappa shape index (κ1) is 18.7. The number of fused-ring (bicyclic) bond motifs is 1. The predicted octanol–water partition coefficient (Wildman–Crippen LogP) is 4.22. The standard InChI is InChI=1S/C21H17ClN2O3S/c22-15-6-8-17(9-7-15)27-11-16(25)10-24-13-23-20-19(21(24)26)18(12-28-20)14-4-2-1-3-5-14/h1-9,12-13,16,25H,10-11H2. The zero-order chi connectivity index (χ0) is 19.5. The fraction of sp³-hybridized carbons (Fsp3) is 0.143. The van der Waals surface area contributed by atoms with E-state index in [1.54, 1.807) is 24.3 Å². The lowest BCUT2D eigenvalue weighted by molar-refractivity contribution is 0.0915. The SMILES string of the molecule is O=c1c2c(-c3ccccc3)csc2ncn1CC(O)COc1ccc(Cl)cc1. The summed E-state index contributed by atoms with van der Waals surface area (Å²) in [7, 11) is 0. The van der Waals surface area contributed by atoms with Crippen LogP contribution in [0, 0.1) is 0 Å². The monoisotopic (exact) mass is 412 g/mol. The summed E-state index contributed by atoms with van der Waals surface area (Å²) in [6.45, 7) is 0.154. The number of benzene rings is 2. The Bertz CT molecular complexity index is 1140. The number of rotatable bonds is 6. The van der Waals surface area contributed by atoms with E-state index in [9.17, 15) is 9.90 Å². The fourth-order valence-electron chi connectivity index (χ4n) is 2.93. The molecule has 4 rings (SSSR count). The Balaban J connectivity index is 1.54. The van der Waals surface area contributed by atoms with E-state index in [4.69, 9.17) is 16.3 Å². The Morgan fingerprint density at radius 3 is 2.64 bits per heavy atom. The number of aliphatic hydroxyl groups is 1. The molecule has 5 nitrogen and oxygen atoms in total. The molecule has 2 heterocycles. The van der Waals surface area contributed by atoms with Crippen molar-refractivity contribution in [2.24, 2.45) is 0 Å². The van der Waals surface area contributed by atoms with Crippen LogP contribution in [-0.2, 0) is 6.54 Å². The zero-order valence-corrected chi connectivity index (χ0v) is 16.4. The second-order valence-corrected chi connectivity index (χ2v) is 7.61. The Labute approximate surface area is 170 Å². The van der Waals surface area contributed by atoms with Crippen LogP contribution >= 0.6 is 22.9 Å². The molecule has 2 aromatic carbocycles. The molecule has 0 saturated heterocycles. The molecule has 2 aromatic heterocycles. The molecule has 1 N–H and O–H groups in total. The summed E-state index contributed by atoms with van der Waals surface area (Å²) in [6.07, 6.45) is 0.619. The first-order valence-electron chi connectivity index (χ1n) is 8.70. The average molecular weight is 413 g/mol. The minimum absolute atomic E-state index is 0.0568. The number of hydrogen-bond donors (Lipinski definition) is 1. The van der Waals surface area contributed by atoms with E-state index in [-0.39, 0.29) is 18.7 Å². The third-order valence-electron chi connectivity index (χ3n) is 4.31. The second kappa shape index (κ2) is 8.14. The van der Waals surface area contributed by atoms with Gasteiger partial charge < -0.3 is 9.84 Å². The van der Waals surface area contributed by atoms with Gasteiger partial charge in [-0.15, -0.1) is 11.3 Å². The third-order valence-corrected chi connectivity index (χ3v) is 5.45. The van der Waals surface area contributed by atoms with Gasteiger partial charge in [-0.05, 0) is 29.8 Å². The molecule has 0 fully saturated rings. The normalized spacial score (nSPS) is 12.2. The van der Waals surface area contributed by atoms with Crippen LogP contribution in [-0.4, -0.2) is 27.4 Å². The Morgan fingerprint density at radius 2 is 1.89 bits per heavy atom. The average Bonchev–Trinajstić information content (AvgIpc) is 3.15. The Morgan fingerprint density at radius 1 is 1.14 bits per heavy atom. The second-order valence-electron chi connectivity index (χ2n) is 6.32. The van der Waals surface area contributed by atoms with Crippen molar-refractivity contribution in [3.8, 4) is 16.9 Å². The van der Waals surface area contributed by atoms with E-state index in [0.29, 0.717) is 21.0 Å². The summed E-state index contributed by atoms with van der Waals surface area (Å²) in [5.74, 6) is 0.605. The molecule has 7 heteroatoms. The largest absolute Gasteiger partial charge is 0.491 e. The van der Waals surface area contributed by atoms with Gasteiger partial charge in [0.2, 0.25) is 0 Å². The lowest BCUT2D eigenvalue weighted by Crippen LogP contribution is -2.30. The van der Waals surface area contributed by atoms with Crippen molar-refractivity contribution in [3.05, 3.63) is 81.7 Å². The minimum Gasteiger partial charge on any atom is -0.491 e. The molecule has 0 aliphatic heterocycles. The van der Waals surface area contributed by atoms with Crippen LogP contribution in [0.25, 0.3) is 21.3 Å². The maximum atomic E-state index is 13.0. The van der Waals surface area contributed by atoms with Crippen molar-refractivity contribution in [3.63, 3.8) is 0 Å². The molecule has 0 amide bonds. The molecule has 0 aliphatic rings. The Hall–Kier alpha value is -2.67. The summed E-state index contributed by atoms with van der Waals surface area (Å²) in [5.41, 5.74) is 1.66. The topological polar surface area (TPSA) is 64.4 Å². The van der Waals surface area contributed by atoms with E-state index < -0.39 is 6.10 Å². The molecule has 0 aliphatic carbocycles. The van der Waals surface area contributed by atoms with Crippen molar-refractivity contribution < 1.29 is 9.84 Å². The van der Waals surface area contributed by atoms with Gasteiger partial charge in [0.15, 0.2) is 0 Å². The summed E-state index contributed by atoms with van der Waals surface area (Å²) in [5, 5.41) is 13.4. The molecule has 28 heavy (non-hydrogen) atoms. The summed E-state index contributed by atoms with van der Waals surface area (Å²) in [4.78, 5) is 18.1. The molecule has 0 bridgehead atoms. The number of aromatic nitrogens is 2. The van der Waals surface area contributed by atoms with Gasteiger partial charge in [0, 0.05) is 16.0 Å². The molecular weight excluding hydrogens is 396 g/mol. The summed E-state index contributed by atoms with van der Waals surface area (Å²) < 4.78 is 6.99. The number of nitrogens with zero attached hydrogens (tertiary/aromatic N) is 2. The molecule has 4 aromatic rings. The first-order chi connectivity index (χ1) is 13.6. The van der Waals surface area contributed by atoms with Crippen LogP contribution in [0.15, 0.2) is 71.1 Å². The molecule has 1 unspecified atom stereocenters. The third kappa shape index (κ3) is 3.94. The van der Waals surface area contributed by atoms with Crippen molar-refractivity contribution in [1.82, 2.24) is 9.55 Å². The van der Waals surface area contributed by atoms with Crippen LogP contribution in [0.5, 0.6) is 5.75 Å². The van der Waals surface area contributed by atoms with Gasteiger partial charge in [-0.2, -0.15) is 0 Å². The molecule has 1 atom stereocenters. The van der Waals surface area contributed by atoms with Crippen LogP contribution in [0.1, 0.15) is 0 Å². The number of ether oxygens (including phenoxy) is 1. The maximum Gasteiger partial charge on any atom is 0.262 e. The van der Waals surface area contributed by atoms with Gasteiger partial charge in [0.05, 0.1) is 18.3 Å². The lowest BCUT2D eigenvalue weighted by Gasteiger charge is -2.14. The van der Waals surface area contributed by atoms with Gasteiger partial charge in [-0.1, -0.05) is 41.9 Å². The van der Waals surface area contributed by atoms with Gasteiger partial charge in [-0.3, -0.25) is 9.36 Å². The van der Waals surface area contributed by atoms with Gasteiger partial charge in [0.25, 0.3) is 5.56 Å². The highest BCUT2D eigenvalue weighted by Gasteiger charge is 2.15. The Kier molecular flexibility index (Phi) is 5.43. The highest BCUT2D eigenvalue weighted by molar-refractivity contribution is 7.17. The fourth-order valence-corrected chi connectivity index (χ4v) is 3.96. The van der Waals surface area contributed by atoms with Crippen molar-refractivity contribution >= 4 is 33.2 Å². The highest BCUT2D eigenvalue weighted by Crippen LogP contribution is 2.30. The quantitative estimate of drug-likeness (QED) is 0.515. The van der Waals surface area contributed by atoms with E-state index >= 15 is 0 Å². The van der Waals surface area contributed by atoms with E-state index in [2.05, 4.69) is 4.98 Å². The number of aliphatic hydroxyl groups excluding tert-OH is 1. The smallest absolute Gasteiger partial charge is 0.262 e.